The Morgan fingerprint density at radius 2 is 2.32 bits per heavy atom. The van der Waals surface area contributed by atoms with E-state index in [2.05, 4.69) is 19.2 Å². The first-order valence-electron chi connectivity index (χ1n) is 7.24. The second-order valence-electron chi connectivity index (χ2n) is 5.01. The van der Waals surface area contributed by atoms with E-state index in [0.717, 1.165) is 38.1 Å². The lowest BCUT2D eigenvalue weighted by atomic mass is 10.1. The topological polar surface area (TPSA) is 54.6 Å². The number of aryl methyl sites for hydroxylation is 1. The molecule has 2 atom stereocenters. The van der Waals surface area contributed by atoms with Crippen molar-refractivity contribution in [1.82, 2.24) is 5.32 Å². The van der Waals surface area contributed by atoms with E-state index in [1.165, 1.54) is 0 Å². The number of nitrogens with one attached hydrogen (secondary N) is 1. The Kier molecular flexibility index (Phi) is 8.54. The summed E-state index contributed by atoms with van der Waals surface area (Å²) in [6.45, 7) is 5.97. The summed E-state index contributed by atoms with van der Waals surface area (Å²) in [4.78, 5) is 0. The average molecular weight is 269 g/mol. The van der Waals surface area contributed by atoms with Crippen LogP contribution in [-0.2, 0) is 11.2 Å². The lowest BCUT2D eigenvalue weighted by molar-refractivity contribution is 0.0347. The summed E-state index contributed by atoms with van der Waals surface area (Å²) in [6.07, 6.45) is 5.37. The second kappa shape index (κ2) is 10.0. The molecule has 0 spiro atoms. The largest absolute Gasteiger partial charge is 0.469 e. The van der Waals surface area contributed by atoms with Crippen molar-refractivity contribution in [3.05, 3.63) is 24.2 Å². The van der Waals surface area contributed by atoms with Crippen LogP contribution in [-0.4, -0.2) is 37.0 Å². The van der Waals surface area contributed by atoms with E-state index in [1.807, 2.05) is 12.1 Å². The van der Waals surface area contributed by atoms with Gasteiger partial charge in [0.05, 0.1) is 19.0 Å². The summed E-state index contributed by atoms with van der Waals surface area (Å²) in [6, 6.07) is 4.25. The molecule has 1 rings (SSSR count). The standard InChI is InChI=1S/C15H27NO3/c1-3-4-9-18-12-14(17)11-16-13(2)7-8-15-6-5-10-19-15/h5-6,10,13-14,16-17H,3-4,7-9,11-12H2,1-2H3. The van der Waals surface area contributed by atoms with Crippen LogP contribution in [0.2, 0.25) is 0 Å². The molecule has 2 N–H and O–H groups in total. The summed E-state index contributed by atoms with van der Waals surface area (Å²) >= 11 is 0. The Balaban J connectivity index is 2.00. The zero-order valence-electron chi connectivity index (χ0n) is 12.1. The molecule has 1 heterocycles. The predicted octanol–water partition coefficient (Wildman–Crippen LogP) is 2.37. The van der Waals surface area contributed by atoms with Gasteiger partial charge in [0.25, 0.3) is 0 Å². The van der Waals surface area contributed by atoms with Gasteiger partial charge in [0.15, 0.2) is 0 Å². The number of aliphatic hydroxyl groups excluding tert-OH is 1. The highest BCUT2D eigenvalue weighted by molar-refractivity contribution is 4.98. The van der Waals surface area contributed by atoms with Crippen molar-refractivity contribution in [1.29, 1.82) is 0 Å². The van der Waals surface area contributed by atoms with Crippen molar-refractivity contribution >= 4 is 0 Å². The lowest BCUT2D eigenvalue weighted by Gasteiger charge is -2.17. The van der Waals surface area contributed by atoms with Crippen molar-refractivity contribution in [3.8, 4) is 0 Å². The molecule has 2 unspecified atom stereocenters. The van der Waals surface area contributed by atoms with Gasteiger partial charge in [0.1, 0.15) is 5.76 Å². The fraction of sp³-hybridized carbons (Fsp3) is 0.733. The maximum Gasteiger partial charge on any atom is 0.103 e. The van der Waals surface area contributed by atoms with Gasteiger partial charge in [-0.15, -0.1) is 0 Å². The van der Waals surface area contributed by atoms with Crippen LogP contribution in [0.25, 0.3) is 0 Å². The fourth-order valence-electron chi connectivity index (χ4n) is 1.78. The van der Waals surface area contributed by atoms with Crippen LogP contribution < -0.4 is 5.32 Å². The van der Waals surface area contributed by atoms with Crippen LogP contribution >= 0.6 is 0 Å². The summed E-state index contributed by atoms with van der Waals surface area (Å²) in [5.74, 6) is 1.01. The van der Waals surface area contributed by atoms with Gasteiger partial charge >= 0.3 is 0 Å². The van der Waals surface area contributed by atoms with E-state index in [-0.39, 0.29) is 0 Å². The molecule has 110 valence electrons. The minimum Gasteiger partial charge on any atom is -0.469 e. The van der Waals surface area contributed by atoms with Gasteiger partial charge in [-0.25, -0.2) is 0 Å². The highest BCUT2D eigenvalue weighted by Gasteiger charge is 2.08. The first-order chi connectivity index (χ1) is 9.22. The second-order valence-corrected chi connectivity index (χ2v) is 5.01. The molecule has 0 saturated heterocycles. The highest BCUT2D eigenvalue weighted by Crippen LogP contribution is 2.05. The molecule has 0 aliphatic carbocycles. The number of rotatable bonds is 11. The van der Waals surface area contributed by atoms with Crippen LogP contribution in [0.15, 0.2) is 22.8 Å². The first kappa shape index (κ1) is 16.2. The molecule has 1 aromatic heterocycles. The van der Waals surface area contributed by atoms with Crippen molar-refractivity contribution in [2.45, 2.75) is 51.7 Å². The van der Waals surface area contributed by atoms with Crippen LogP contribution in [0.5, 0.6) is 0 Å². The molecule has 0 fully saturated rings. The third-order valence-corrected chi connectivity index (χ3v) is 3.06. The minimum atomic E-state index is -0.428. The number of ether oxygens (including phenoxy) is 1. The van der Waals surface area contributed by atoms with Gasteiger partial charge in [-0.3, -0.25) is 0 Å². The maximum atomic E-state index is 9.74. The minimum absolute atomic E-state index is 0.357. The fourth-order valence-corrected chi connectivity index (χ4v) is 1.78. The quantitative estimate of drug-likeness (QED) is 0.606. The van der Waals surface area contributed by atoms with Gasteiger partial charge in [-0.05, 0) is 31.9 Å². The normalized spacial score (nSPS) is 14.5. The summed E-state index contributed by atoms with van der Waals surface area (Å²) in [5, 5.41) is 13.1. The lowest BCUT2D eigenvalue weighted by Crippen LogP contribution is -2.36. The highest BCUT2D eigenvalue weighted by atomic mass is 16.5. The van der Waals surface area contributed by atoms with Gasteiger partial charge < -0.3 is 19.6 Å². The van der Waals surface area contributed by atoms with E-state index in [1.54, 1.807) is 6.26 Å². The van der Waals surface area contributed by atoms with Crippen LogP contribution in [0.1, 0.15) is 38.9 Å². The van der Waals surface area contributed by atoms with Crippen molar-refractivity contribution in [2.24, 2.45) is 0 Å². The first-order valence-corrected chi connectivity index (χ1v) is 7.24. The van der Waals surface area contributed by atoms with Crippen LogP contribution in [0.4, 0.5) is 0 Å². The maximum absolute atomic E-state index is 9.74. The SMILES string of the molecule is CCCCOCC(O)CNC(C)CCc1ccco1. The Bertz CT molecular complexity index is 300. The third-order valence-electron chi connectivity index (χ3n) is 3.06. The molecule has 0 saturated carbocycles. The number of hydrogen-bond donors (Lipinski definition) is 2. The molecular formula is C15H27NO3. The van der Waals surface area contributed by atoms with E-state index >= 15 is 0 Å². The molecular weight excluding hydrogens is 242 g/mol. The van der Waals surface area contributed by atoms with E-state index < -0.39 is 6.10 Å². The molecule has 0 radical (unpaired) electrons. The number of hydrogen-bond acceptors (Lipinski definition) is 4. The van der Waals surface area contributed by atoms with Gasteiger partial charge in [0.2, 0.25) is 0 Å². The smallest absolute Gasteiger partial charge is 0.103 e. The van der Waals surface area contributed by atoms with E-state index in [0.29, 0.717) is 19.2 Å². The predicted molar refractivity (Wildman–Crippen MR) is 76.2 cm³/mol. The molecule has 1 aromatic rings. The van der Waals surface area contributed by atoms with Gasteiger partial charge in [-0.1, -0.05) is 13.3 Å². The van der Waals surface area contributed by atoms with Crippen molar-refractivity contribution in [2.75, 3.05) is 19.8 Å². The number of furan rings is 1. The molecule has 4 nitrogen and oxygen atoms in total. The van der Waals surface area contributed by atoms with Crippen molar-refractivity contribution < 1.29 is 14.3 Å². The van der Waals surface area contributed by atoms with Crippen LogP contribution in [0, 0.1) is 0 Å². The monoisotopic (exact) mass is 269 g/mol. The summed E-state index contributed by atoms with van der Waals surface area (Å²) < 4.78 is 10.7. The average Bonchev–Trinajstić information content (AvgIpc) is 2.92. The van der Waals surface area contributed by atoms with Crippen molar-refractivity contribution in [3.63, 3.8) is 0 Å². The molecule has 0 amide bonds. The Hall–Kier alpha value is -0.840. The molecule has 0 aliphatic rings. The molecule has 4 heteroatoms. The number of unbranched alkanes of at least 4 members (excludes halogenated alkanes) is 1. The third kappa shape index (κ3) is 8.03. The van der Waals surface area contributed by atoms with Gasteiger partial charge in [0, 0.05) is 25.6 Å². The molecule has 0 aromatic carbocycles. The molecule has 19 heavy (non-hydrogen) atoms. The summed E-state index contributed by atoms with van der Waals surface area (Å²) in [5.41, 5.74) is 0. The van der Waals surface area contributed by atoms with E-state index in [4.69, 9.17) is 9.15 Å². The van der Waals surface area contributed by atoms with Crippen LogP contribution in [0.3, 0.4) is 0 Å². The Morgan fingerprint density at radius 1 is 1.47 bits per heavy atom. The zero-order chi connectivity index (χ0) is 13.9. The Morgan fingerprint density at radius 3 is 3.00 bits per heavy atom. The molecule has 0 bridgehead atoms. The number of aliphatic hydroxyl groups is 1. The van der Waals surface area contributed by atoms with E-state index in [9.17, 15) is 5.11 Å². The summed E-state index contributed by atoms with van der Waals surface area (Å²) in [7, 11) is 0. The Labute approximate surface area is 116 Å². The van der Waals surface area contributed by atoms with Gasteiger partial charge in [-0.2, -0.15) is 0 Å². The molecule has 0 aliphatic heterocycles. The zero-order valence-corrected chi connectivity index (χ0v) is 12.1.